The molecule has 0 bridgehead atoms. The predicted molar refractivity (Wildman–Crippen MR) is 113 cm³/mol. The van der Waals surface area contributed by atoms with E-state index < -0.39 is 58.9 Å². The summed E-state index contributed by atoms with van der Waals surface area (Å²) in [5, 5.41) is 10.7. The van der Waals surface area contributed by atoms with E-state index in [2.05, 4.69) is 20.8 Å². The van der Waals surface area contributed by atoms with Crippen molar-refractivity contribution in [3.63, 3.8) is 0 Å². The third-order valence-electron chi connectivity index (χ3n) is 4.51. The van der Waals surface area contributed by atoms with Gasteiger partial charge in [0, 0.05) is 18.4 Å². The van der Waals surface area contributed by atoms with Gasteiger partial charge in [0.25, 0.3) is 0 Å². The molecule has 3 N–H and O–H groups in total. The minimum atomic E-state index is -2.32. The van der Waals surface area contributed by atoms with Crippen LogP contribution in [0, 0.1) is 33.0 Å². The summed E-state index contributed by atoms with van der Waals surface area (Å²) in [5.74, 6) is -12.4. The molecular formula is C20H15F5N4O2S2. The van der Waals surface area contributed by atoms with E-state index in [-0.39, 0.29) is 15.5 Å². The molecule has 0 fully saturated rings. The van der Waals surface area contributed by atoms with Gasteiger partial charge in [-0.3, -0.25) is 20.0 Å². The van der Waals surface area contributed by atoms with Crippen molar-refractivity contribution in [3.8, 4) is 0 Å². The van der Waals surface area contributed by atoms with Crippen LogP contribution in [0.1, 0.15) is 17.5 Å². The zero-order valence-corrected chi connectivity index (χ0v) is 18.2. The second kappa shape index (κ2) is 10.6. The van der Waals surface area contributed by atoms with Crippen molar-refractivity contribution in [1.82, 2.24) is 15.5 Å². The number of nitrogens with zero attached hydrogens (tertiary/aromatic N) is 1. The number of rotatable bonds is 8. The van der Waals surface area contributed by atoms with Gasteiger partial charge in [-0.05, 0) is 24.2 Å². The summed E-state index contributed by atoms with van der Waals surface area (Å²) in [6.07, 6.45) is -0.791. The molecule has 33 heavy (non-hydrogen) atoms. The van der Waals surface area contributed by atoms with Crippen molar-refractivity contribution >= 4 is 40.5 Å². The Morgan fingerprint density at radius 2 is 1.61 bits per heavy atom. The molecule has 0 aliphatic rings. The number of aromatic nitrogens is 2. The number of aromatic amines is 1. The molecule has 1 heterocycles. The molecule has 1 unspecified atom stereocenters. The summed E-state index contributed by atoms with van der Waals surface area (Å²) in [7, 11) is 0. The molecule has 1 aromatic heterocycles. The Balaban J connectivity index is 1.83. The lowest BCUT2D eigenvalue weighted by Gasteiger charge is -2.19. The van der Waals surface area contributed by atoms with Crippen LogP contribution in [0.4, 0.5) is 27.1 Å². The molecule has 0 saturated heterocycles. The van der Waals surface area contributed by atoms with Crippen molar-refractivity contribution in [1.29, 1.82) is 0 Å². The number of amides is 2. The van der Waals surface area contributed by atoms with Gasteiger partial charge < -0.3 is 5.32 Å². The number of hydrogen-bond donors (Lipinski definition) is 3. The third kappa shape index (κ3) is 5.99. The van der Waals surface area contributed by atoms with Gasteiger partial charge in [-0.2, -0.15) is 0 Å². The highest BCUT2D eigenvalue weighted by atomic mass is 32.1. The first kappa shape index (κ1) is 24.5. The zero-order valence-electron chi connectivity index (χ0n) is 16.6. The summed E-state index contributed by atoms with van der Waals surface area (Å²) >= 11 is 5.71. The van der Waals surface area contributed by atoms with Crippen LogP contribution in [0.25, 0.3) is 0 Å². The van der Waals surface area contributed by atoms with Crippen molar-refractivity contribution < 1.29 is 31.5 Å². The maximum absolute atomic E-state index is 14.2. The molecule has 0 saturated carbocycles. The Morgan fingerprint density at radius 3 is 2.18 bits per heavy atom. The summed E-state index contributed by atoms with van der Waals surface area (Å²) in [6, 6.07) is 7.21. The first-order valence-corrected chi connectivity index (χ1v) is 10.6. The van der Waals surface area contributed by atoms with Crippen LogP contribution in [0.3, 0.4) is 0 Å². The molecule has 6 nitrogen and oxygen atoms in total. The minimum Gasteiger partial charge on any atom is -0.344 e. The zero-order chi connectivity index (χ0) is 24.1. The monoisotopic (exact) mass is 502 g/mol. The summed E-state index contributed by atoms with van der Waals surface area (Å²) in [4.78, 5) is 25.1. The topological polar surface area (TPSA) is 86.9 Å². The smallest absolute Gasteiger partial charge is 0.249 e. The van der Waals surface area contributed by atoms with E-state index in [1.165, 1.54) is 0 Å². The Kier molecular flexibility index (Phi) is 7.87. The Labute approximate surface area is 192 Å². The SMILES string of the molecule is O=C(CCc1ccccc1)NC(Cc1c(F)c(F)c(F)c(F)c1F)C(=O)Nc1n[nH]c(=S)s1. The summed E-state index contributed by atoms with van der Waals surface area (Å²) in [6.45, 7) is 0. The average molecular weight is 502 g/mol. The van der Waals surface area contributed by atoms with Crippen LogP contribution in [0.2, 0.25) is 0 Å². The van der Waals surface area contributed by atoms with Gasteiger partial charge in [0.1, 0.15) is 6.04 Å². The van der Waals surface area contributed by atoms with Crippen LogP contribution in [0.15, 0.2) is 30.3 Å². The number of hydrogen-bond acceptors (Lipinski definition) is 5. The molecule has 0 radical (unpaired) electrons. The summed E-state index contributed by atoms with van der Waals surface area (Å²) < 4.78 is 69.1. The predicted octanol–water partition coefficient (Wildman–Crippen LogP) is 4.19. The van der Waals surface area contributed by atoms with Crippen LogP contribution >= 0.6 is 23.6 Å². The van der Waals surface area contributed by atoms with Gasteiger partial charge in [0.05, 0.1) is 0 Å². The molecule has 13 heteroatoms. The van der Waals surface area contributed by atoms with Crippen molar-refractivity contribution in [2.75, 3.05) is 5.32 Å². The van der Waals surface area contributed by atoms with Crippen LogP contribution in [0.5, 0.6) is 0 Å². The lowest BCUT2D eigenvalue weighted by Crippen LogP contribution is -2.45. The number of carbonyl (C=O) groups excluding carboxylic acids is 2. The number of nitrogens with one attached hydrogen (secondary N) is 3. The van der Waals surface area contributed by atoms with Crippen molar-refractivity contribution in [3.05, 3.63) is 74.5 Å². The molecule has 174 valence electrons. The number of halogens is 5. The summed E-state index contributed by atoms with van der Waals surface area (Å²) in [5.41, 5.74) is -0.408. The van der Waals surface area contributed by atoms with Gasteiger partial charge in [0.2, 0.25) is 22.8 Å². The normalized spacial score (nSPS) is 11.8. The van der Waals surface area contributed by atoms with E-state index in [0.717, 1.165) is 16.9 Å². The number of benzene rings is 2. The minimum absolute atomic E-state index is 0.00838. The highest BCUT2D eigenvalue weighted by molar-refractivity contribution is 7.73. The lowest BCUT2D eigenvalue weighted by molar-refractivity contribution is -0.126. The molecule has 0 aliphatic carbocycles. The van der Waals surface area contributed by atoms with E-state index in [9.17, 15) is 31.5 Å². The largest absolute Gasteiger partial charge is 0.344 e. The Hall–Kier alpha value is -3.19. The standard InChI is InChI=1S/C20H15F5N4O2S2/c21-13-10(14(22)16(24)17(25)15(13)23)8-11(18(31)27-19-28-29-20(32)33-19)26-12(30)7-6-9-4-2-1-3-5-9/h1-5,11H,6-8H2,(H,26,30)(H,29,32)(H,27,28,31). The fourth-order valence-electron chi connectivity index (χ4n) is 2.89. The second-order valence-electron chi connectivity index (χ2n) is 6.77. The Morgan fingerprint density at radius 1 is 1.00 bits per heavy atom. The Bertz CT molecular complexity index is 1200. The maximum Gasteiger partial charge on any atom is 0.249 e. The molecule has 0 aliphatic heterocycles. The lowest BCUT2D eigenvalue weighted by atomic mass is 10.0. The molecule has 3 rings (SSSR count). The first-order chi connectivity index (χ1) is 15.7. The maximum atomic E-state index is 14.2. The van der Waals surface area contributed by atoms with Gasteiger partial charge in [-0.15, -0.1) is 5.10 Å². The quantitative estimate of drug-likeness (QED) is 0.187. The van der Waals surface area contributed by atoms with Crippen molar-refractivity contribution in [2.24, 2.45) is 0 Å². The van der Waals surface area contributed by atoms with Crippen LogP contribution in [-0.4, -0.2) is 28.1 Å². The van der Waals surface area contributed by atoms with Gasteiger partial charge in [-0.1, -0.05) is 41.7 Å². The second-order valence-corrected chi connectivity index (χ2v) is 8.43. The van der Waals surface area contributed by atoms with E-state index in [1.807, 2.05) is 0 Å². The van der Waals surface area contributed by atoms with Gasteiger partial charge >= 0.3 is 0 Å². The molecule has 3 aromatic rings. The number of H-pyrrole nitrogens is 1. The highest BCUT2D eigenvalue weighted by Crippen LogP contribution is 2.24. The van der Waals surface area contributed by atoms with E-state index in [0.29, 0.717) is 6.42 Å². The highest BCUT2D eigenvalue weighted by Gasteiger charge is 2.30. The average Bonchev–Trinajstić information content (AvgIpc) is 3.22. The number of anilines is 1. The molecule has 1 atom stereocenters. The van der Waals surface area contributed by atoms with E-state index in [1.54, 1.807) is 30.3 Å². The van der Waals surface area contributed by atoms with E-state index >= 15 is 0 Å². The third-order valence-corrected chi connectivity index (χ3v) is 5.52. The number of aryl methyl sites for hydroxylation is 1. The van der Waals surface area contributed by atoms with Crippen LogP contribution in [-0.2, 0) is 22.4 Å². The van der Waals surface area contributed by atoms with Crippen LogP contribution < -0.4 is 10.6 Å². The van der Waals surface area contributed by atoms with Crippen molar-refractivity contribution in [2.45, 2.75) is 25.3 Å². The van der Waals surface area contributed by atoms with E-state index in [4.69, 9.17) is 12.2 Å². The fraction of sp³-hybridized carbons (Fsp3) is 0.200. The number of carbonyl (C=O) groups is 2. The molecule has 2 amide bonds. The molecule has 0 spiro atoms. The molecular weight excluding hydrogens is 487 g/mol. The molecule has 2 aromatic carbocycles. The van der Waals surface area contributed by atoms with Gasteiger partial charge in [-0.25, -0.2) is 22.0 Å². The first-order valence-electron chi connectivity index (χ1n) is 9.37. The fourth-order valence-corrected chi connectivity index (χ4v) is 3.68. The van der Waals surface area contributed by atoms with Gasteiger partial charge in [0.15, 0.2) is 27.2 Å².